The Morgan fingerprint density at radius 3 is 1.60 bits per heavy atom. The van der Waals surface area contributed by atoms with Gasteiger partial charge < -0.3 is 18.4 Å². The molecule has 0 aliphatic heterocycles. The first-order chi connectivity index (χ1) is 16.3. The zero-order valence-electron chi connectivity index (χ0n) is 23.5. The van der Waals surface area contributed by atoms with E-state index in [4.69, 9.17) is 9.47 Å². The van der Waals surface area contributed by atoms with Crippen molar-refractivity contribution >= 4 is 27.9 Å². The van der Waals surface area contributed by atoms with E-state index in [9.17, 15) is 9.59 Å². The second-order valence-electron chi connectivity index (χ2n) is 10.5. The number of hydrogen-bond acceptors (Lipinski definition) is 4. The van der Waals surface area contributed by atoms with Gasteiger partial charge in [-0.1, -0.05) is 73.0 Å². The smallest absolute Gasteiger partial charge is 0.306 e. The Kier molecular flexibility index (Phi) is 22.3. The number of carbonyl (C=O) groups excluding carboxylic acids is 2. The molecule has 7 heteroatoms. The van der Waals surface area contributed by atoms with Crippen molar-refractivity contribution in [3.8, 4) is 0 Å². The number of aryl methyl sites for hydroxylation is 1. The van der Waals surface area contributed by atoms with Gasteiger partial charge in [0.1, 0.15) is 26.3 Å². The highest BCUT2D eigenvalue weighted by atomic mass is 79.9. The minimum absolute atomic E-state index is 0.0837. The summed E-state index contributed by atoms with van der Waals surface area (Å²) in [6.07, 6.45) is 6.24. The number of unbranched alkanes of at least 4 members (excludes halogenated alkanes) is 2. The van der Waals surface area contributed by atoms with Gasteiger partial charge >= 0.3 is 11.9 Å². The summed E-state index contributed by atoms with van der Waals surface area (Å²) < 4.78 is 11.6. The Labute approximate surface area is 224 Å². The number of quaternary nitrogens is 2. The van der Waals surface area contributed by atoms with Gasteiger partial charge in [0.05, 0.1) is 55.1 Å². The van der Waals surface area contributed by atoms with Gasteiger partial charge in [-0.25, -0.2) is 0 Å². The summed E-state index contributed by atoms with van der Waals surface area (Å²) >= 11 is 3.27. The number of carbonyl (C=O) groups is 2. The second kappa shape index (κ2) is 21.8. The lowest BCUT2D eigenvalue weighted by Crippen LogP contribution is -2.38. The van der Waals surface area contributed by atoms with Gasteiger partial charge in [0.25, 0.3) is 0 Å². The van der Waals surface area contributed by atoms with Crippen LogP contribution in [0.15, 0.2) is 30.3 Å². The third-order valence-corrected chi connectivity index (χ3v) is 5.19. The average Bonchev–Trinajstić information content (AvgIpc) is 2.77. The second-order valence-corrected chi connectivity index (χ2v) is 11.2. The van der Waals surface area contributed by atoms with Crippen LogP contribution in [0, 0.1) is 6.92 Å². The van der Waals surface area contributed by atoms with Gasteiger partial charge in [-0.05, 0) is 24.8 Å². The van der Waals surface area contributed by atoms with Crippen molar-refractivity contribution in [3.63, 3.8) is 0 Å². The van der Waals surface area contributed by atoms with E-state index in [1.807, 2.05) is 42.3 Å². The minimum atomic E-state index is -0.345. The van der Waals surface area contributed by atoms with Crippen LogP contribution < -0.4 is 0 Å². The van der Waals surface area contributed by atoms with Crippen molar-refractivity contribution < 1.29 is 28.0 Å². The first-order valence-electron chi connectivity index (χ1n) is 12.7. The summed E-state index contributed by atoms with van der Waals surface area (Å²) in [4.78, 5) is 22.9. The first-order valence-corrected chi connectivity index (χ1v) is 13.8. The number of rotatable bonds is 14. The van der Waals surface area contributed by atoms with Crippen molar-refractivity contribution in [2.24, 2.45) is 0 Å². The van der Waals surface area contributed by atoms with E-state index < -0.39 is 0 Å². The maximum atomic E-state index is 11.4. The fraction of sp³-hybridized carbons (Fsp3) is 0.679. The van der Waals surface area contributed by atoms with Crippen molar-refractivity contribution in [2.75, 3.05) is 73.9 Å². The van der Waals surface area contributed by atoms with Crippen molar-refractivity contribution in [1.82, 2.24) is 0 Å². The van der Waals surface area contributed by atoms with Crippen LogP contribution in [-0.4, -0.2) is 94.8 Å². The highest BCUT2D eigenvalue weighted by Crippen LogP contribution is 2.03. The molecule has 0 saturated carbocycles. The predicted octanol–water partition coefficient (Wildman–Crippen LogP) is 5.29. The summed E-state index contributed by atoms with van der Waals surface area (Å²) in [5.74, 6) is -0.691. The van der Waals surface area contributed by atoms with Crippen LogP contribution in [0.1, 0.15) is 51.0 Å². The topological polar surface area (TPSA) is 52.6 Å². The molecule has 1 rings (SSSR count). The lowest BCUT2D eigenvalue weighted by atomic mass is 10.1. The lowest BCUT2D eigenvalue weighted by Gasteiger charge is -2.23. The van der Waals surface area contributed by atoms with E-state index in [1.165, 1.54) is 31.2 Å². The van der Waals surface area contributed by atoms with Crippen LogP contribution in [0.5, 0.6) is 0 Å². The number of halogens is 1. The van der Waals surface area contributed by atoms with E-state index in [-0.39, 0.29) is 24.8 Å². The molecule has 0 atom stereocenters. The van der Waals surface area contributed by atoms with Gasteiger partial charge in [-0.3, -0.25) is 9.59 Å². The van der Waals surface area contributed by atoms with Gasteiger partial charge in [-0.15, -0.1) is 0 Å². The first kappa shape index (κ1) is 35.7. The number of esters is 2. The van der Waals surface area contributed by atoms with Crippen LogP contribution in [0.4, 0.5) is 0 Å². The molecule has 1 radical (unpaired) electrons. The van der Waals surface area contributed by atoms with E-state index in [1.54, 1.807) is 0 Å². The molecule has 0 unspecified atom stereocenters. The maximum absolute atomic E-state index is 11.4. The molecule has 0 heterocycles. The molecule has 203 valence electrons. The zero-order chi connectivity index (χ0) is 27.2. The maximum Gasteiger partial charge on any atom is 0.306 e. The number of nitrogens with zero attached hydrogens (tertiary/aromatic N) is 2. The Balaban J connectivity index is 0. The van der Waals surface area contributed by atoms with Crippen LogP contribution in [0.3, 0.4) is 0 Å². The molecule has 0 aromatic heterocycles. The lowest BCUT2D eigenvalue weighted by molar-refractivity contribution is -0.870. The van der Waals surface area contributed by atoms with E-state index in [0.29, 0.717) is 13.2 Å². The third kappa shape index (κ3) is 30.5. The largest absolute Gasteiger partial charge is 0.460 e. The summed E-state index contributed by atoms with van der Waals surface area (Å²) in [7, 11) is 12.2. The number of alkyl halides is 1. The van der Waals surface area contributed by atoms with Crippen molar-refractivity contribution in [1.29, 1.82) is 0 Å². The molecule has 1 aromatic carbocycles. The molecule has 1 aromatic rings. The van der Waals surface area contributed by atoms with Gasteiger partial charge in [0, 0.05) is 5.33 Å². The van der Waals surface area contributed by atoms with E-state index >= 15 is 0 Å². The molecule has 0 aliphatic rings. The van der Waals surface area contributed by atoms with E-state index in [0.717, 1.165) is 33.8 Å². The Bertz CT molecular complexity index is 607. The van der Waals surface area contributed by atoms with Crippen LogP contribution in [-0.2, 0) is 25.5 Å². The van der Waals surface area contributed by atoms with Crippen LogP contribution in [0.2, 0.25) is 0 Å². The predicted molar refractivity (Wildman–Crippen MR) is 150 cm³/mol. The minimum Gasteiger partial charge on any atom is -0.460 e. The Morgan fingerprint density at radius 1 is 0.829 bits per heavy atom. The molecule has 0 fully saturated rings. The molecule has 6 nitrogen and oxygen atoms in total. The standard InChI is InChI=1S/C14H30N2O4.C10H14.C4H8Br/c1-15(2,3)9-11-19-13(17)7-8-14(18)20-12-10-16(4,5)6;1-2-3-7-10-8-5-4-6-9-10;1-2-3-4-5/h7-12H2,1-6H3;4-6,8-9H,2-3,7H2,1H3;1-4H2/q+2;;. The highest BCUT2D eigenvalue weighted by molar-refractivity contribution is 9.09. The SMILES string of the molecule is CCCCc1ccccc1.C[N+](C)(C)CCOC(=O)CCC(=O)OCC[N+](C)(C)C.[CH2]CCCBr. The summed E-state index contributed by atoms with van der Waals surface area (Å²) in [6.45, 7) is 8.12. The monoisotopic (exact) mass is 559 g/mol. The number of benzene rings is 1. The normalized spacial score (nSPS) is 10.9. The van der Waals surface area contributed by atoms with Crippen molar-refractivity contribution in [3.05, 3.63) is 42.8 Å². The summed E-state index contributed by atoms with van der Waals surface area (Å²) in [5.41, 5.74) is 1.46. The zero-order valence-corrected chi connectivity index (χ0v) is 25.1. The summed E-state index contributed by atoms with van der Waals surface area (Å²) in [5, 5.41) is 1.09. The average molecular weight is 561 g/mol. The third-order valence-electron chi connectivity index (χ3n) is 4.63. The van der Waals surface area contributed by atoms with Gasteiger partial charge in [-0.2, -0.15) is 0 Å². The Hall–Kier alpha value is -1.44. The number of ether oxygens (including phenoxy) is 2. The van der Waals surface area contributed by atoms with Gasteiger partial charge in [0.15, 0.2) is 0 Å². The van der Waals surface area contributed by atoms with Crippen molar-refractivity contribution in [2.45, 2.75) is 51.9 Å². The fourth-order valence-corrected chi connectivity index (χ4v) is 2.73. The molecule has 0 spiro atoms. The molecule has 35 heavy (non-hydrogen) atoms. The number of hydrogen-bond donors (Lipinski definition) is 0. The molecule has 0 saturated heterocycles. The van der Waals surface area contributed by atoms with Crippen LogP contribution in [0.25, 0.3) is 0 Å². The molecule has 0 amide bonds. The van der Waals surface area contributed by atoms with Crippen LogP contribution >= 0.6 is 15.9 Å². The molecular weight excluding hydrogens is 508 g/mol. The molecular formula is C28H52BrN2O4+2. The molecule has 0 bridgehead atoms. The number of likely N-dealkylation sites (N-methyl/N-ethyl adjacent to an activating group) is 2. The molecule has 0 N–H and O–H groups in total. The summed E-state index contributed by atoms with van der Waals surface area (Å²) in [6, 6.07) is 10.6. The fourth-order valence-electron chi connectivity index (χ4n) is 2.34. The van der Waals surface area contributed by atoms with E-state index in [2.05, 4.69) is 60.1 Å². The van der Waals surface area contributed by atoms with Gasteiger partial charge in [0.2, 0.25) is 0 Å². The molecule has 0 aliphatic carbocycles. The Morgan fingerprint density at radius 2 is 1.29 bits per heavy atom. The quantitative estimate of drug-likeness (QED) is 0.176. The highest BCUT2D eigenvalue weighted by Gasteiger charge is 2.13.